The number of rotatable bonds is 5. The summed E-state index contributed by atoms with van der Waals surface area (Å²) in [6, 6.07) is 5.74. The predicted molar refractivity (Wildman–Crippen MR) is 57.4 cm³/mol. The summed E-state index contributed by atoms with van der Waals surface area (Å²) < 4.78 is 0. The molecule has 0 saturated heterocycles. The third-order valence-electron chi connectivity index (χ3n) is 2.03. The summed E-state index contributed by atoms with van der Waals surface area (Å²) in [5.74, 6) is -0.541. The highest BCUT2D eigenvalue weighted by molar-refractivity contribution is 6.26. The van der Waals surface area contributed by atoms with Gasteiger partial charge in [0.25, 0.3) is 5.69 Å². The second-order valence-electron chi connectivity index (χ2n) is 3.21. The van der Waals surface area contributed by atoms with Gasteiger partial charge < -0.3 is 4.90 Å². The van der Waals surface area contributed by atoms with Crippen LogP contribution in [0.2, 0.25) is 0 Å². The van der Waals surface area contributed by atoms with Crippen LogP contribution in [-0.2, 0) is 9.59 Å². The molecule has 0 N–H and O–H groups in total. The highest BCUT2D eigenvalue weighted by Gasteiger charge is 2.08. The molecule has 1 aromatic rings. The molecule has 0 radical (unpaired) electrons. The van der Waals surface area contributed by atoms with Gasteiger partial charge in [-0.05, 0) is 12.1 Å². The zero-order chi connectivity index (χ0) is 12.1. The summed E-state index contributed by atoms with van der Waals surface area (Å²) in [5, 5.41) is 10.4. The van der Waals surface area contributed by atoms with Crippen LogP contribution in [0.3, 0.4) is 0 Å². The summed E-state index contributed by atoms with van der Waals surface area (Å²) in [6.45, 7) is -0.0404. The van der Waals surface area contributed by atoms with Crippen LogP contribution in [0.15, 0.2) is 24.3 Å². The van der Waals surface area contributed by atoms with Crippen molar-refractivity contribution in [2.45, 2.75) is 0 Å². The Kier molecular flexibility index (Phi) is 3.71. The van der Waals surface area contributed by atoms with Crippen LogP contribution in [0.25, 0.3) is 0 Å². The van der Waals surface area contributed by atoms with Gasteiger partial charge in [0.05, 0.1) is 11.5 Å². The summed E-state index contributed by atoms with van der Waals surface area (Å²) in [4.78, 5) is 32.4. The number of nitro benzene ring substituents is 1. The molecule has 0 atom stereocenters. The molecule has 0 aromatic heterocycles. The number of hydrogen-bond donors (Lipinski definition) is 0. The SMILES string of the molecule is CN(CC(=O)C=O)c1ccc([N+](=O)[O-])cc1. The lowest BCUT2D eigenvalue weighted by Gasteiger charge is -2.16. The number of nitro groups is 1. The molecule has 0 bridgehead atoms. The Morgan fingerprint density at radius 1 is 1.44 bits per heavy atom. The molecule has 0 amide bonds. The van der Waals surface area contributed by atoms with Crippen molar-refractivity contribution in [3.8, 4) is 0 Å². The van der Waals surface area contributed by atoms with Crippen LogP contribution < -0.4 is 4.90 Å². The van der Waals surface area contributed by atoms with Crippen LogP contribution in [0.4, 0.5) is 11.4 Å². The van der Waals surface area contributed by atoms with Gasteiger partial charge in [-0.2, -0.15) is 0 Å². The Morgan fingerprint density at radius 2 is 2.00 bits per heavy atom. The molecule has 16 heavy (non-hydrogen) atoms. The number of non-ortho nitro benzene ring substituents is 1. The number of anilines is 1. The van der Waals surface area contributed by atoms with Crippen molar-refractivity contribution in [2.24, 2.45) is 0 Å². The zero-order valence-electron chi connectivity index (χ0n) is 8.62. The van der Waals surface area contributed by atoms with Gasteiger partial charge in [0.1, 0.15) is 0 Å². The first-order valence-electron chi connectivity index (χ1n) is 4.48. The maximum absolute atomic E-state index is 10.9. The Bertz CT molecular complexity index is 413. The van der Waals surface area contributed by atoms with E-state index in [1.54, 1.807) is 11.9 Å². The molecule has 0 aliphatic carbocycles. The lowest BCUT2D eigenvalue weighted by Crippen LogP contribution is -2.25. The molecule has 0 saturated carbocycles. The molecule has 0 heterocycles. The number of benzene rings is 1. The number of carbonyl (C=O) groups is 2. The van der Waals surface area contributed by atoms with Gasteiger partial charge in [-0.25, -0.2) is 0 Å². The third-order valence-corrected chi connectivity index (χ3v) is 2.03. The monoisotopic (exact) mass is 222 g/mol. The summed E-state index contributed by atoms with van der Waals surface area (Å²) in [6.07, 6.45) is 0.252. The normalized spacial score (nSPS) is 9.56. The Labute approximate surface area is 91.6 Å². The van der Waals surface area contributed by atoms with Crippen molar-refractivity contribution in [3.05, 3.63) is 34.4 Å². The topological polar surface area (TPSA) is 80.5 Å². The van der Waals surface area contributed by atoms with Crippen LogP contribution in [0, 0.1) is 10.1 Å². The first-order valence-corrected chi connectivity index (χ1v) is 4.48. The number of aldehydes is 1. The minimum atomic E-state index is -0.541. The van der Waals surface area contributed by atoms with Gasteiger partial charge in [0.2, 0.25) is 5.78 Å². The summed E-state index contributed by atoms with van der Waals surface area (Å²) >= 11 is 0. The molecular weight excluding hydrogens is 212 g/mol. The summed E-state index contributed by atoms with van der Waals surface area (Å²) in [7, 11) is 1.63. The summed E-state index contributed by atoms with van der Waals surface area (Å²) in [5.41, 5.74) is 0.625. The highest BCUT2D eigenvalue weighted by atomic mass is 16.6. The molecule has 0 unspecified atom stereocenters. The minimum absolute atomic E-state index is 0.0149. The van der Waals surface area contributed by atoms with Gasteiger partial charge in [-0.1, -0.05) is 0 Å². The van der Waals surface area contributed by atoms with E-state index in [0.717, 1.165) is 0 Å². The largest absolute Gasteiger partial charge is 0.367 e. The van der Waals surface area contributed by atoms with Crippen molar-refractivity contribution in [1.29, 1.82) is 0 Å². The number of carbonyl (C=O) groups excluding carboxylic acids is 2. The molecule has 1 rings (SSSR count). The maximum Gasteiger partial charge on any atom is 0.269 e. The average molecular weight is 222 g/mol. The van der Waals surface area contributed by atoms with E-state index in [1.807, 2.05) is 0 Å². The van der Waals surface area contributed by atoms with Gasteiger partial charge in [0, 0.05) is 24.9 Å². The first kappa shape index (κ1) is 11.8. The van der Waals surface area contributed by atoms with Crippen LogP contribution in [0.1, 0.15) is 0 Å². The molecule has 0 aliphatic rings. The van der Waals surface area contributed by atoms with Crippen LogP contribution in [-0.4, -0.2) is 30.6 Å². The predicted octanol–water partition coefficient (Wildman–Crippen LogP) is 0.799. The quantitative estimate of drug-likeness (QED) is 0.318. The van der Waals surface area contributed by atoms with Gasteiger partial charge >= 0.3 is 0 Å². The number of ketones is 1. The van der Waals surface area contributed by atoms with Crippen LogP contribution in [0.5, 0.6) is 0 Å². The van der Waals surface area contributed by atoms with E-state index in [-0.39, 0.29) is 18.5 Å². The molecule has 0 aliphatic heterocycles. The fourth-order valence-electron chi connectivity index (χ4n) is 1.19. The first-order chi connectivity index (χ1) is 7.54. The molecular formula is C10H10N2O4. The molecule has 6 heteroatoms. The van der Waals surface area contributed by atoms with Gasteiger partial charge in [0.15, 0.2) is 6.29 Å². The average Bonchev–Trinajstić information content (AvgIpc) is 2.28. The smallest absolute Gasteiger partial charge is 0.269 e. The fraction of sp³-hybridized carbons (Fsp3) is 0.200. The maximum atomic E-state index is 10.9. The van der Waals surface area contributed by atoms with E-state index in [1.165, 1.54) is 24.3 Å². The fourth-order valence-corrected chi connectivity index (χ4v) is 1.19. The van der Waals surface area contributed by atoms with E-state index in [9.17, 15) is 19.7 Å². The van der Waals surface area contributed by atoms with Crippen molar-refractivity contribution in [1.82, 2.24) is 0 Å². The molecule has 6 nitrogen and oxygen atoms in total. The lowest BCUT2D eigenvalue weighted by atomic mass is 10.2. The molecule has 0 fully saturated rings. The molecule has 1 aromatic carbocycles. The second kappa shape index (κ2) is 5.01. The number of Topliss-reactive ketones (excluding diaryl/α,β-unsaturated/α-hetero) is 1. The standard InChI is InChI=1S/C10H10N2O4/c1-11(6-10(14)7-13)8-2-4-9(5-3-8)12(15)16/h2-5,7H,6H2,1H3. The van der Waals surface area contributed by atoms with Crippen molar-refractivity contribution in [3.63, 3.8) is 0 Å². The number of hydrogen-bond acceptors (Lipinski definition) is 5. The molecule has 84 valence electrons. The Hall–Kier alpha value is -2.24. The van der Waals surface area contributed by atoms with E-state index >= 15 is 0 Å². The van der Waals surface area contributed by atoms with E-state index < -0.39 is 10.7 Å². The van der Waals surface area contributed by atoms with Crippen molar-refractivity contribution in [2.75, 3.05) is 18.5 Å². The van der Waals surface area contributed by atoms with E-state index in [0.29, 0.717) is 5.69 Å². The number of nitrogens with zero attached hydrogens (tertiary/aromatic N) is 2. The minimum Gasteiger partial charge on any atom is -0.367 e. The highest BCUT2D eigenvalue weighted by Crippen LogP contribution is 2.17. The third kappa shape index (κ3) is 2.88. The second-order valence-corrected chi connectivity index (χ2v) is 3.21. The Balaban J connectivity index is 2.77. The van der Waals surface area contributed by atoms with Crippen molar-refractivity contribution >= 4 is 23.4 Å². The van der Waals surface area contributed by atoms with Gasteiger partial charge in [-0.15, -0.1) is 0 Å². The Morgan fingerprint density at radius 3 is 2.44 bits per heavy atom. The van der Waals surface area contributed by atoms with E-state index in [2.05, 4.69) is 0 Å². The van der Waals surface area contributed by atoms with Crippen LogP contribution >= 0.6 is 0 Å². The molecule has 0 spiro atoms. The van der Waals surface area contributed by atoms with E-state index in [4.69, 9.17) is 0 Å². The number of likely N-dealkylation sites (N-methyl/N-ethyl adjacent to an activating group) is 1. The zero-order valence-corrected chi connectivity index (χ0v) is 8.62. The van der Waals surface area contributed by atoms with Crippen molar-refractivity contribution < 1.29 is 14.5 Å². The van der Waals surface area contributed by atoms with Gasteiger partial charge in [-0.3, -0.25) is 19.7 Å². The lowest BCUT2D eigenvalue weighted by molar-refractivity contribution is -0.384.